The fourth-order valence-electron chi connectivity index (χ4n) is 1.83. The Kier molecular flexibility index (Phi) is 3.23. The smallest absolute Gasteiger partial charge is 0.339 e. The van der Waals surface area contributed by atoms with Crippen molar-refractivity contribution < 1.29 is 9.15 Å². The van der Waals surface area contributed by atoms with Crippen LogP contribution in [0.15, 0.2) is 33.5 Å². The molecule has 0 unspecified atom stereocenters. The third-order valence-corrected chi connectivity index (χ3v) is 3.62. The van der Waals surface area contributed by atoms with Crippen molar-refractivity contribution in [3.8, 4) is 5.75 Å². The largest absolute Gasteiger partial charge is 0.486 e. The van der Waals surface area contributed by atoms with Crippen LogP contribution in [0, 0.1) is 13.8 Å². The van der Waals surface area contributed by atoms with Crippen LogP contribution < -0.4 is 10.4 Å². The highest BCUT2D eigenvalue weighted by atomic mass is 32.1. The summed E-state index contributed by atoms with van der Waals surface area (Å²) in [4.78, 5) is 11.5. The van der Waals surface area contributed by atoms with E-state index >= 15 is 0 Å². The molecule has 0 N–H and O–H groups in total. The van der Waals surface area contributed by atoms with Crippen molar-refractivity contribution in [3.63, 3.8) is 0 Å². The fraction of sp³-hybridized carbons (Fsp3) is 0.214. The van der Waals surface area contributed by atoms with Gasteiger partial charge in [-0.3, -0.25) is 0 Å². The summed E-state index contributed by atoms with van der Waals surface area (Å²) in [6.45, 7) is 3.98. The number of benzene rings is 1. The molecule has 0 amide bonds. The molecule has 102 valence electrons. The van der Waals surface area contributed by atoms with Crippen LogP contribution in [0.3, 0.4) is 0 Å². The van der Waals surface area contributed by atoms with Gasteiger partial charge < -0.3 is 9.15 Å². The fourth-order valence-corrected chi connectivity index (χ4v) is 2.45. The van der Waals surface area contributed by atoms with Crippen molar-refractivity contribution in [2.75, 3.05) is 0 Å². The predicted octanol–water partition coefficient (Wildman–Crippen LogP) is 2.84. The summed E-state index contributed by atoms with van der Waals surface area (Å²) in [5.41, 5.74) is 0.788. The van der Waals surface area contributed by atoms with E-state index in [1.54, 1.807) is 19.1 Å². The number of aryl methyl sites for hydroxylation is 2. The molecule has 0 saturated carbocycles. The van der Waals surface area contributed by atoms with Crippen LogP contribution >= 0.6 is 11.3 Å². The Bertz CT molecular complexity index is 823. The molecule has 0 bridgehead atoms. The van der Waals surface area contributed by atoms with Crippen LogP contribution in [0.5, 0.6) is 5.75 Å². The van der Waals surface area contributed by atoms with Crippen LogP contribution in [-0.4, -0.2) is 10.2 Å². The normalized spacial score (nSPS) is 10.9. The minimum Gasteiger partial charge on any atom is -0.486 e. The van der Waals surface area contributed by atoms with E-state index in [1.807, 2.05) is 19.1 Å². The highest BCUT2D eigenvalue weighted by Crippen LogP contribution is 2.21. The van der Waals surface area contributed by atoms with Crippen LogP contribution in [0.25, 0.3) is 11.0 Å². The minimum atomic E-state index is -0.325. The summed E-state index contributed by atoms with van der Waals surface area (Å²) in [5, 5.41) is 10.5. The van der Waals surface area contributed by atoms with Gasteiger partial charge in [0.15, 0.2) is 5.01 Å². The summed E-state index contributed by atoms with van der Waals surface area (Å²) in [5.74, 6) is 0.636. The summed E-state index contributed by atoms with van der Waals surface area (Å²) < 4.78 is 10.9. The lowest BCUT2D eigenvalue weighted by Crippen LogP contribution is -2.02. The van der Waals surface area contributed by atoms with E-state index in [0.717, 1.165) is 15.4 Å². The van der Waals surface area contributed by atoms with Gasteiger partial charge in [-0.2, -0.15) is 0 Å². The maximum atomic E-state index is 11.5. The first-order valence-electron chi connectivity index (χ1n) is 6.08. The first kappa shape index (κ1) is 12.8. The lowest BCUT2D eigenvalue weighted by molar-refractivity contribution is 0.304. The lowest BCUT2D eigenvalue weighted by atomic mass is 10.2. The molecular weight excluding hydrogens is 276 g/mol. The molecule has 2 heterocycles. The zero-order valence-electron chi connectivity index (χ0n) is 11.0. The Morgan fingerprint density at radius 1 is 1.25 bits per heavy atom. The molecule has 1 aromatic carbocycles. The standard InChI is InChI=1S/C14H12N2O3S/c1-8-5-10-3-4-11(6-12(10)19-14(8)17)18-7-13-16-15-9(2)20-13/h3-6H,7H2,1-2H3. The van der Waals surface area contributed by atoms with E-state index in [2.05, 4.69) is 10.2 Å². The van der Waals surface area contributed by atoms with E-state index < -0.39 is 0 Å². The van der Waals surface area contributed by atoms with E-state index in [4.69, 9.17) is 9.15 Å². The minimum absolute atomic E-state index is 0.325. The highest BCUT2D eigenvalue weighted by molar-refractivity contribution is 7.11. The highest BCUT2D eigenvalue weighted by Gasteiger charge is 2.05. The maximum absolute atomic E-state index is 11.5. The topological polar surface area (TPSA) is 65.2 Å². The van der Waals surface area contributed by atoms with Crippen molar-refractivity contribution in [2.45, 2.75) is 20.5 Å². The molecule has 0 atom stereocenters. The van der Waals surface area contributed by atoms with Gasteiger partial charge in [0, 0.05) is 17.0 Å². The number of fused-ring (bicyclic) bond motifs is 1. The number of hydrogen-bond acceptors (Lipinski definition) is 6. The average Bonchev–Trinajstić information content (AvgIpc) is 2.84. The van der Waals surface area contributed by atoms with Crippen molar-refractivity contribution >= 4 is 22.3 Å². The quantitative estimate of drug-likeness (QED) is 0.693. The molecule has 0 spiro atoms. The Hall–Kier alpha value is -2.21. The van der Waals surface area contributed by atoms with E-state index in [9.17, 15) is 4.79 Å². The van der Waals surface area contributed by atoms with Crippen molar-refractivity contribution in [2.24, 2.45) is 0 Å². The molecule has 3 rings (SSSR count). The van der Waals surface area contributed by atoms with Crippen LogP contribution in [0.2, 0.25) is 0 Å². The second kappa shape index (κ2) is 5.05. The lowest BCUT2D eigenvalue weighted by Gasteiger charge is -2.05. The summed E-state index contributed by atoms with van der Waals surface area (Å²) in [7, 11) is 0. The summed E-state index contributed by atoms with van der Waals surface area (Å²) >= 11 is 1.49. The maximum Gasteiger partial charge on any atom is 0.339 e. The molecule has 0 aliphatic carbocycles. The van der Waals surface area contributed by atoms with Gasteiger partial charge in [-0.25, -0.2) is 4.79 Å². The molecule has 5 nitrogen and oxygen atoms in total. The molecule has 0 aliphatic rings. The molecule has 0 radical (unpaired) electrons. The van der Waals surface area contributed by atoms with Crippen molar-refractivity contribution in [1.82, 2.24) is 10.2 Å². The van der Waals surface area contributed by atoms with Gasteiger partial charge >= 0.3 is 5.63 Å². The SMILES string of the molecule is Cc1nnc(COc2ccc3cc(C)c(=O)oc3c2)s1. The Morgan fingerprint density at radius 3 is 2.85 bits per heavy atom. The zero-order chi connectivity index (χ0) is 14.1. The number of ether oxygens (including phenoxy) is 1. The molecule has 0 fully saturated rings. The van der Waals surface area contributed by atoms with Crippen LogP contribution in [0.4, 0.5) is 0 Å². The van der Waals surface area contributed by atoms with E-state index in [0.29, 0.717) is 23.5 Å². The first-order chi connectivity index (χ1) is 9.61. The number of nitrogens with zero attached hydrogens (tertiary/aromatic N) is 2. The van der Waals surface area contributed by atoms with Crippen LogP contribution in [-0.2, 0) is 6.61 Å². The predicted molar refractivity (Wildman–Crippen MR) is 76.2 cm³/mol. The molecule has 0 saturated heterocycles. The van der Waals surface area contributed by atoms with Gasteiger partial charge in [0.05, 0.1) is 0 Å². The van der Waals surface area contributed by atoms with E-state index in [1.165, 1.54) is 11.3 Å². The summed E-state index contributed by atoms with van der Waals surface area (Å²) in [6, 6.07) is 7.23. The van der Waals surface area contributed by atoms with Gasteiger partial charge in [-0.05, 0) is 32.0 Å². The number of rotatable bonds is 3. The number of aromatic nitrogens is 2. The molecule has 3 aromatic rings. The summed E-state index contributed by atoms with van der Waals surface area (Å²) in [6.07, 6.45) is 0. The Morgan fingerprint density at radius 2 is 2.10 bits per heavy atom. The monoisotopic (exact) mass is 288 g/mol. The molecule has 20 heavy (non-hydrogen) atoms. The first-order valence-corrected chi connectivity index (χ1v) is 6.90. The van der Waals surface area contributed by atoms with Gasteiger partial charge in [0.25, 0.3) is 0 Å². The van der Waals surface area contributed by atoms with Crippen molar-refractivity contribution in [1.29, 1.82) is 0 Å². The van der Waals surface area contributed by atoms with E-state index in [-0.39, 0.29) is 5.63 Å². The number of hydrogen-bond donors (Lipinski definition) is 0. The third kappa shape index (κ3) is 2.55. The molecule has 2 aromatic heterocycles. The molecular formula is C14H12N2O3S. The van der Waals surface area contributed by atoms with Crippen LogP contribution in [0.1, 0.15) is 15.6 Å². The third-order valence-electron chi connectivity index (χ3n) is 2.81. The van der Waals surface area contributed by atoms with Gasteiger partial charge in [-0.1, -0.05) is 11.3 Å². The van der Waals surface area contributed by atoms with Gasteiger partial charge in [0.1, 0.15) is 22.9 Å². The Labute approximate surface area is 118 Å². The van der Waals surface area contributed by atoms with Crippen molar-refractivity contribution in [3.05, 3.63) is 50.3 Å². The second-order valence-electron chi connectivity index (χ2n) is 4.42. The van der Waals surface area contributed by atoms with Gasteiger partial charge in [0.2, 0.25) is 0 Å². The molecule has 0 aliphatic heterocycles. The zero-order valence-corrected chi connectivity index (χ0v) is 11.9. The average molecular weight is 288 g/mol. The van der Waals surface area contributed by atoms with Gasteiger partial charge in [-0.15, -0.1) is 10.2 Å². The second-order valence-corrected chi connectivity index (χ2v) is 5.69. The Balaban J connectivity index is 1.85. The molecule has 6 heteroatoms.